The maximum absolute atomic E-state index is 11.6. The Labute approximate surface area is 162 Å². The zero-order valence-corrected chi connectivity index (χ0v) is 17.2. The molecular formula is C20H34N4O3. The number of nitrogens with zero attached hydrogens (tertiary/aromatic N) is 1. The molecule has 0 aromatic heterocycles. The minimum atomic E-state index is -0.489. The first-order valence-corrected chi connectivity index (χ1v) is 9.46. The zero-order chi connectivity index (χ0) is 20.1. The van der Waals surface area contributed by atoms with Crippen LogP contribution in [0.1, 0.15) is 39.7 Å². The molecule has 0 spiro atoms. The van der Waals surface area contributed by atoms with Crippen LogP contribution in [-0.4, -0.2) is 50.9 Å². The summed E-state index contributed by atoms with van der Waals surface area (Å²) in [7, 11) is 1.68. The molecule has 0 radical (unpaired) electrons. The van der Waals surface area contributed by atoms with Crippen LogP contribution >= 0.6 is 0 Å². The summed E-state index contributed by atoms with van der Waals surface area (Å²) in [6.45, 7) is 10.1. The van der Waals surface area contributed by atoms with Crippen molar-refractivity contribution in [1.82, 2.24) is 16.0 Å². The van der Waals surface area contributed by atoms with Crippen molar-refractivity contribution in [2.24, 2.45) is 4.99 Å². The van der Waals surface area contributed by atoms with Crippen LogP contribution in [0.15, 0.2) is 29.3 Å². The van der Waals surface area contributed by atoms with Gasteiger partial charge in [0.2, 0.25) is 0 Å². The van der Waals surface area contributed by atoms with Gasteiger partial charge in [0.05, 0.1) is 7.11 Å². The Morgan fingerprint density at radius 3 is 2.56 bits per heavy atom. The van der Waals surface area contributed by atoms with Crippen molar-refractivity contribution in [3.63, 3.8) is 0 Å². The summed E-state index contributed by atoms with van der Waals surface area (Å²) < 4.78 is 10.4. The zero-order valence-electron chi connectivity index (χ0n) is 17.2. The molecule has 0 heterocycles. The van der Waals surface area contributed by atoms with Gasteiger partial charge in [-0.15, -0.1) is 0 Å². The highest BCUT2D eigenvalue weighted by atomic mass is 16.6. The van der Waals surface area contributed by atoms with E-state index in [-0.39, 0.29) is 0 Å². The Hall–Kier alpha value is -2.44. The van der Waals surface area contributed by atoms with E-state index in [0.29, 0.717) is 19.6 Å². The van der Waals surface area contributed by atoms with E-state index in [1.165, 1.54) is 5.56 Å². The molecular weight excluding hydrogens is 344 g/mol. The molecule has 0 saturated heterocycles. The van der Waals surface area contributed by atoms with E-state index in [1.54, 1.807) is 7.11 Å². The summed E-state index contributed by atoms with van der Waals surface area (Å²) in [4.78, 5) is 16.2. The van der Waals surface area contributed by atoms with Gasteiger partial charge >= 0.3 is 6.09 Å². The van der Waals surface area contributed by atoms with Crippen LogP contribution in [0.25, 0.3) is 0 Å². The lowest BCUT2D eigenvalue weighted by molar-refractivity contribution is 0.0529. The Morgan fingerprint density at radius 2 is 1.89 bits per heavy atom. The van der Waals surface area contributed by atoms with Crippen LogP contribution in [0.4, 0.5) is 4.79 Å². The molecule has 0 bridgehead atoms. The molecule has 0 aliphatic rings. The maximum Gasteiger partial charge on any atom is 0.407 e. The first-order chi connectivity index (χ1) is 12.8. The lowest BCUT2D eigenvalue weighted by Crippen LogP contribution is -2.42. The Bertz CT molecular complexity index is 597. The average molecular weight is 379 g/mol. The first-order valence-electron chi connectivity index (χ1n) is 9.46. The molecule has 0 aliphatic heterocycles. The second-order valence-electron chi connectivity index (χ2n) is 7.07. The van der Waals surface area contributed by atoms with Crippen LogP contribution in [-0.2, 0) is 11.2 Å². The molecule has 1 aromatic rings. The smallest absolute Gasteiger partial charge is 0.407 e. The van der Waals surface area contributed by atoms with Crippen molar-refractivity contribution in [3.05, 3.63) is 29.8 Å². The van der Waals surface area contributed by atoms with Crippen LogP contribution in [0.3, 0.4) is 0 Å². The molecule has 1 rings (SSSR count). The molecule has 0 aliphatic carbocycles. The molecule has 3 N–H and O–H groups in total. The molecule has 7 nitrogen and oxygen atoms in total. The number of hydrogen-bond donors (Lipinski definition) is 3. The highest BCUT2D eigenvalue weighted by molar-refractivity contribution is 5.79. The SMILES string of the molecule is CCNC(=NCCCc1cccc(OC)c1)NCCNC(=O)OC(C)(C)C. The molecule has 1 aromatic carbocycles. The van der Waals surface area contributed by atoms with Gasteiger partial charge in [0.15, 0.2) is 5.96 Å². The van der Waals surface area contributed by atoms with Crippen molar-refractivity contribution in [3.8, 4) is 5.75 Å². The summed E-state index contributed by atoms with van der Waals surface area (Å²) >= 11 is 0. The van der Waals surface area contributed by atoms with Gasteiger partial charge in [-0.05, 0) is 58.2 Å². The number of amides is 1. The van der Waals surface area contributed by atoms with E-state index in [4.69, 9.17) is 9.47 Å². The standard InChI is InChI=1S/C20H34N4O3/c1-6-21-18(23-13-14-24-19(25)27-20(2,3)4)22-12-8-10-16-9-7-11-17(15-16)26-5/h7,9,11,15H,6,8,10,12-14H2,1-5H3,(H,24,25)(H2,21,22,23). The fourth-order valence-electron chi connectivity index (χ4n) is 2.30. The number of ether oxygens (including phenoxy) is 2. The van der Waals surface area contributed by atoms with Crippen molar-refractivity contribution < 1.29 is 14.3 Å². The van der Waals surface area contributed by atoms with E-state index in [1.807, 2.05) is 39.8 Å². The quantitative estimate of drug-likeness (QED) is 0.350. The number of aryl methyl sites for hydroxylation is 1. The van der Waals surface area contributed by atoms with E-state index in [0.717, 1.165) is 31.1 Å². The Morgan fingerprint density at radius 1 is 1.15 bits per heavy atom. The largest absolute Gasteiger partial charge is 0.497 e. The molecule has 0 unspecified atom stereocenters. The van der Waals surface area contributed by atoms with Crippen LogP contribution in [0, 0.1) is 0 Å². The normalized spacial score (nSPS) is 11.7. The third-order valence-corrected chi connectivity index (χ3v) is 3.46. The highest BCUT2D eigenvalue weighted by Crippen LogP contribution is 2.13. The number of alkyl carbamates (subject to hydrolysis) is 1. The summed E-state index contributed by atoms with van der Waals surface area (Å²) in [5.74, 6) is 1.62. The van der Waals surface area contributed by atoms with E-state index in [2.05, 4.69) is 33.1 Å². The van der Waals surface area contributed by atoms with E-state index in [9.17, 15) is 4.79 Å². The lowest BCUT2D eigenvalue weighted by atomic mass is 10.1. The van der Waals surface area contributed by atoms with Gasteiger partial charge in [-0.2, -0.15) is 0 Å². The van der Waals surface area contributed by atoms with Crippen molar-refractivity contribution >= 4 is 12.1 Å². The Kier molecular flexibility index (Phi) is 10.1. The van der Waals surface area contributed by atoms with Crippen LogP contribution in [0.5, 0.6) is 5.75 Å². The summed E-state index contributed by atoms with van der Waals surface area (Å²) in [5.41, 5.74) is 0.750. The second kappa shape index (κ2) is 12.0. The van der Waals surface area contributed by atoms with Crippen LogP contribution in [0.2, 0.25) is 0 Å². The van der Waals surface area contributed by atoms with E-state index >= 15 is 0 Å². The number of carbonyl (C=O) groups excluding carboxylic acids is 1. The lowest BCUT2D eigenvalue weighted by Gasteiger charge is -2.19. The minimum absolute atomic E-state index is 0.412. The van der Waals surface area contributed by atoms with Gasteiger partial charge in [-0.3, -0.25) is 4.99 Å². The van der Waals surface area contributed by atoms with Crippen molar-refractivity contribution in [1.29, 1.82) is 0 Å². The first kappa shape index (κ1) is 22.6. The monoisotopic (exact) mass is 378 g/mol. The van der Waals surface area contributed by atoms with E-state index < -0.39 is 11.7 Å². The average Bonchev–Trinajstić information content (AvgIpc) is 2.61. The molecule has 0 saturated carbocycles. The molecule has 0 fully saturated rings. The maximum atomic E-state index is 11.6. The molecule has 27 heavy (non-hydrogen) atoms. The van der Waals surface area contributed by atoms with Crippen LogP contribution < -0.4 is 20.7 Å². The molecule has 0 atom stereocenters. The number of benzene rings is 1. The van der Waals surface area contributed by atoms with Gasteiger partial charge in [-0.25, -0.2) is 4.79 Å². The Balaban J connectivity index is 2.31. The third kappa shape index (κ3) is 11.0. The predicted molar refractivity (Wildman–Crippen MR) is 110 cm³/mol. The fourth-order valence-corrected chi connectivity index (χ4v) is 2.30. The number of carbonyl (C=O) groups is 1. The topological polar surface area (TPSA) is 84.0 Å². The van der Waals surface area contributed by atoms with Crippen molar-refractivity contribution in [2.75, 3.05) is 33.3 Å². The summed E-state index contributed by atoms with van der Waals surface area (Å²) in [6.07, 6.45) is 1.48. The number of methoxy groups -OCH3 is 1. The van der Waals surface area contributed by atoms with Gasteiger partial charge in [0.1, 0.15) is 11.4 Å². The summed E-state index contributed by atoms with van der Waals surface area (Å²) in [5, 5.41) is 9.12. The number of hydrogen-bond acceptors (Lipinski definition) is 4. The number of aliphatic imine (C=N–C) groups is 1. The third-order valence-electron chi connectivity index (χ3n) is 3.46. The minimum Gasteiger partial charge on any atom is -0.497 e. The van der Waals surface area contributed by atoms with Gasteiger partial charge < -0.3 is 25.4 Å². The van der Waals surface area contributed by atoms with Gasteiger partial charge in [-0.1, -0.05) is 12.1 Å². The number of rotatable bonds is 9. The second-order valence-corrected chi connectivity index (χ2v) is 7.07. The van der Waals surface area contributed by atoms with Gasteiger partial charge in [0, 0.05) is 26.2 Å². The predicted octanol–water partition coefficient (Wildman–Crippen LogP) is 2.71. The highest BCUT2D eigenvalue weighted by Gasteiger charge is 2.15. The summed E-state index contributed by atoms with van der Waals surface area (Å²) in [6, 6.07) is 8.09. The fraction of sp³-hybridized carbons (Fsp3) is 0.600. The number of guanidine groups is 1. The van der Waals surface area contributed by atoms with Gasteiger partial charge in [0.25, 0.3) is 0 Å². The molecule has 152 valence electrons. The van der Waals surface area contributed by atoms with Crippen molar-refractivity contribution in [2.45, 2.75) is 46.1 Å². The molecule has 1 amide bonds. The molecule has 7 heteroatoms. The number of nitrogens with one attached hydrogen (secondary N) is 3.